The molecular weight excluding hydrogens is 763 g/mol. The maximum absolute atomic E-state index is 13.5. The lowest BCUT2D eigenvalue weighted by Gasteiger charge is -2.63. The monoisotopic (exact) mass is 811 g/mol. The van der Waals surface area contributed by atoms with Gasteiger partial charge >= 0.3 is 0 Å². The molecule has 14 nitrogen and oxygen atoms in total. The number of piperidine rings is 1. The van der Waals surface area contributed by atoms with Crippen LogP contribution in [0.4, 0.5) is 11.4 Å². The first-order chi connectivity index (χ1) is 28.8. The van der Waals surface area contributed by atoms with Gasteiger partial charge in [-0.05, 0) is 86.5 Å². The number of ether oxygens (including phenoxy) is 2. The summed E-state index contributed by atoms with van der Waals surface area (Å²) in [7, 11) is 0. The Morgan fingerprint density at radius 3 is 2.37 bits per heavy atom. The van der Waals surface area contributed by atoms with Crippen LogP contribution in [0.1, 0.15) is 84.5 Å². The zero-order valence-electron chi connectivity index (χ0n) is 34.3. The van der Waals surface area contributed by atoms with Crippen molar-refractivity contribution in [2.75, 3.05) is 44.2 Å². The number of hydrogen-bond donors (Lipinski definition) is 2. The lowest BCUT2D eigenvalue weighted by Crippen LogP contribution is -2.74. The first-order valence-electron chi connectivity index (χ1n) is 20.6. The van der Waals surface area contributed by atoms with Crippen molar-refractivity contribution in [2.45, 2.75) is 71.6 Å². The van der Waals surface area contributed by atoms with E-state index in [0.29, 0.717) is 40.4 Å². The van der Waals surface area contributed by atoms with E-state index in [4.69, 9.17) is 16.0 Å². The van der Waals surface area contributed by atoms with Crippen LogP contribution in [0.25, 0.3) is 15.7 Å². The Morgan fingerprint density at radius 1 is 0.917 bits per heavy atom. The number of nitrogens with zero attached hydrogens (tertiary/aromatic N) is 5. The van der Waals surface area contributed by atoms with Gasteiger partial charge in [-0.2, -0.15) is 0 Å². The van der Waals surface area contributed by atoms with E-state index in [9.17, 15) is 24.0 Å². The maximum atomic E-state index is 13.5. The average molecular weight is 812 g/mol. The largest absolute Gasteiger partial charge is 0.494 e. The highest BCUT2D eigenvalue weighted by atomic mass is 16.5. The number of anilines is 1. The Hall–Kier alpha value is -6.33. The predicted octanol–water partition coefficient (Wildman–Crippen LogP) is 5.78. The van der Waals surface area contributed by atoms with Crippen LogP contribution in [0.3, 0.4) is 0 Å². The van der Waals surface area contributed by atoms with Crippen LogP contribution in [-0.2, 0) is 9.59 Å². The first-order valence-corrected chi connectivity index (χ1v) is 20.6. The summed E-state index contributed by atoms with van der Waals surface area (Å²) < 4.78 is 12.6. The number of rotatable bonds is 12. The number of imide groups is 2. The van der Waals surface area contributed by atoms with Crippen LogP contribution < -0.4 is 25.0 Å². The first kappa shape index (κ1) is 40.4. The van der Waals surface area contributed by atoms with Crippen LogP contribution in [0.15, 0.2) is 72.9 Å². The fourth-order valence-corrected chi connectivity index (χ4v) is 9.68. The number of amides is 5. The lowest BCUT2D eigenvalue weighted by molar-refractivity contribution is -0.163. The van der Waals surface area contributed by atoms with E-state index in [2.05, 4.69) is 58.0 Å². The zero-order chi connectivity index (χ0) is 42.3. The van der Waals surface area contributed by atoms with Gasteiger partial charge in [-0.15, -0.1) is 0 Å². The summed E-state index contributed by atoms with van der Waals surface area (Å²) in [6.07, 6.45) is 3.53. The van der Waals surface area contributed by atoms with Crippen LogP contribution in [0.5, 0.6) is 11.5 Å². The summed E-state index contributed by atoms with van der Waals surface area (Å²) in [5, 5.41) is 6.29. The summed E-state index contributed by atoms with van der Waals surface area (Å²) in [6, 6.07) is 18.7. The molecule has 60 heavy (non-hydrogen) atoms. The summed E-state index contributed by atoms with van der Waals surface area (Å²) in [4.78, 5) is 77.5. The van der Waals surface area contributed by atoms with E-state index >= 15 is 0 Å². The Morgan fingerprint density at radius 2 is 1.65 bits per heavy atom. The highest BCUT2D eigenvalue weighted by Crippen LogP contribution is 2.56. The van der Waals surface area contributed by atoms with Gasteiger partial charge in [0.15, 0.2) is 0 Å². The summed E-state index contributed by atoms with van der Waals surface area (Å²) in [5.41, 5.74) is 2.33. The second kappa shape index (κ2) is 16.0. The summed E-state index contributed by atoms with van der Waals surface area (Å²) in [5.74, 6) is -0.788. The fraction of sp³-hybridized carbons (Fsp3) is 0.413. The number of carbonyl (C=O) groups excluding carboxylic acids is 5. The number of unbranched alkanes of at least 4 members (excludes halogenated alkanes) is 1. The van der Waals surface area contributed by atoms with Gasteiger partial charge in [0.2, 0.25) is 17.5 Å². The molecule has 0 bridgehead atoms. The van der Waals surface area contributed by atoms with Crippen molar-refractivity contribution in [2.24, 2.45) is 10.8 Å². The minimum Gasteiger partial charge on any atom is -0.494 e. The third-order valence-electron chi connectivity index (χ3n) is 12.6. The molecule has 2 N–H and O–H groups in total. The maximum Gasteiger partial charge on any atom is 0.262 e. The molecule has 4 aliphatic rings. The summed E-state index contributed by atoms with van der Waals surface area (Å²) >= 11 is 0. The molecule has 3 aliphatic heterocycles. The number of piperazine rings is 1. The standard InChI is InChI=1S/C46H49N7O7/c1-45(2)43(46(3,4)44(45)60-36-18-16-34(47-5)38-32(36)9-8-20-48-38)50-39(55)28-10-13-30(14-11-28)59-26-7-6-21-51-22-24-52(25-23-51)29-12-15-31-33(27-29)42(58)53(41(31)57)35-17-19-37(54)49-40(35)56/h8-16,18,20,27,35,43-44H,6-7,17,19,21-26H2,1-4H3,(H,50,55)(H,49,54,56). The van der Waals surface area contributed by atoms with Crippen molar-refractivity contribution >= 4 is 51.8 Å². The van der Waals surface area contributed by atoms with E-state index in [-0.39, 0.29) is 47.3 Å². The third kappa shape index (κ3) is 7.42. The van der Waals surface area contributed by atoms with Crippen molar-refractivity contribution in [3.05, 3.63) is 101 Å². The van der Waals surface area contributed by atoms with Crippen LogP contribution in [0, 0.1) is 17.4 Å². The highest BCUT2D eigenvalue weighted by molar-refractivity contribution is 6.23. The zero-order valence-corrected chi connectivity index (χ0v) is 34.3. The number of carbonyl (C=O) groups is 5. The van der Waals surface area contributed by atoms with E-state index in [1.54, 1.807) is 36.5 Å². The van der Waals surface area contributed by atoms with Gasteiger partial charge in [0.1, 0.15) is 23.6 Å². The number of fused-ring (bicyclic) bond motifs is 2. The summed E-state index contributed by atoms with van der Waals surface area (Å²) in [6.45, 7) is 20.6. The van der Waals surface area contributed by atoms with Crippen molar-refractivity contribution in [1.82, 2.24) is 25.4 Å². The minimum absolute atomic E-state index is 0.0845. The van der Waals surface area contributed by atoms with Crippen molar-refractivity contribution in [3.63, 3.8) is 0 Å². The third-order valence-corrected chi connectivity index (χ3v) is 12.6. The highest BCUT2D eigenvalue weighted by Gasteiger charge is 2.64. The lowest BCUT2D eigenvalue weighted by atomic mass is 9.49. The number of hydrogen-bond acceptors (Lipinski definition) is 10. The van der Waals surface area contributed by atoms with Gasteiger partial charge in [0, 0.05) is 72.3 Å². The molecule has 0 spiro atoms. The Bertz CT molecular complexity index is 2400. The molecule has 4 heterocycles. The van der Waals surface area contributed by atoms with Gasteiger partial charge in [0.05, 0.1) is 29.8 Å². The SMILES string of the molecule is [C-]#[N+]c1ccc(OC2C(C)(C)C(NC(=O)c3ccc(OCCCCN4CCN(c5ccc6c(c5)C(=O)N(C5CCC(=O)NC5=O)C6=O)CC4)cc3)C2(C)C)c2cccnc12. The number of benzene rings is 3. The van der Waals surface area contributed by atoms with E-state index < -0.39 is 29.7 Å². The molecule has 1 aliphatic carbocycles. The predicted molar refractivity (Wildman–Crippen MR) is 224 cm³/mol. The van der Waals surface area contributed by atoms with Crippen molar-refractivity contribution < 1.29 is 33.4 Å². The Kier molecular flexibility index (Phi) is 10.8. The van der Waals surface area contributed by atoms with E-state index in [1.807, 2.05) is 36.4 Å². The molecule has 2 saturated heterocycles. The molecule has 310 valence electrons. The second-order valence-corrected chi connectivity index (χ2v) is 17.2. The molecule has 1 unspecified atom stereocenters. The van der Waals surface area contributed by atoms with Crippen LogP contribution in [-0.4, -0.2) is 102 Å². The molecule has 1 saturated carbocycles. The number of aromatic nitrogens is 1. The molecule has 0 radical (unpaired) electrons. The van der Waals surface area contributed by atoms with E-state index in [0.717, 1.165) is 61.5 Å². The average Bonchev–Trinajstić information content (AvgIpc) is 3.49. The Balaban J connectivity index is 0.763. The minimum atomic E-state index is -0.981. The molecule has 4 aromatic rings. The molecular formula is C46H49N7O7. The smallest absolute Gasteiger partial charge is 0.262 e. The Labute approximate surface area is 349 Å². The second-order valence-electron chi connectivity index (χ2n) is 17.2. The molecule has 3 aromatic carbocycles. The van der Waals surface area contributed by atoms with Gasteiger partial charge in [-0.1, -0.05) is 33.8 Å². The normalized spacial score (nSPS) is 22.1. The van der Waals surface area contributed by atoms with Gasteiger partial charge < -0.3 is 19.7 Å². The number of pyridine rings is 1. The topological polar surface area (TPSA) is 155 Å². The quantitative estimate of drug-likeness (QED) is 0.102. The molecule has 1 atom stereocenters. The van der Waals surface area contributed by atoms with Gasteiger partial charge in [-0.3, -0.25) is 44.1 Å². The van der Waals surface area contributed by atoms with Crippen molar-refractivity contribution in [3.8, 4) is 11.5 Å². The van der Waals surface area contributed by atoms with E-state index in [1.165, 1.54) is 0 Å². The van der Waals surface area contributed by atoms with Gasteiger partial charge in [-0.25, -0.2) is 4.85 Å². The molecule has 8 rings (SSSR count). The fourth-order valence-electron chi connectivity index (χ4n) is 9.68. The number of nitrogens with one attached hydrogen (secondary N) is 2. The molecule has 3 fully saturated rings. The van der Waals surface area contributed by atoms with Crippen LogP contribution >= 0.6 is 0 Å². The molecule has 1 aromatic heterocycles. The molecule has 5 amide bonds. The van der Waals surface area contributed by atoms with Crippen LogP contribution in [0.2, 0.25) is 0 Å². The van der Waals surface area contributed by atoms with Gasteiger partial charge in [0.25, 0.3) is 17.7 Å². The van der Waals surface area contributed by atoms with Crippen molar-refractivity contribution in [1.29, 1.82) is 0 Å². The molecule has 14 heteroatoms.